The number of likely N-dealkylation sites (tertiary alicyclic amines) is 1. The lowest BCUT2D eigenvalue weighted by molar-refractivity contribution is 0.132. The van der Waals surface area contributed by atoms with Crippen molar-refractivity contribution in [3.8, 4) is 6.07 Å². The van der Waals surface area contributed by atoms with Crippen LogP contribution in [0.5, 0.6) is 0 Å². The highest BCUT2D eigenvalue weighted by atomic mass is 15.1. The molecular formula is C16H17N3. The summed E-state index contributed by atoms with van der Waals surface area (Å²) in [6, 6.07) is 9.56. The van der Waals surface area contributed by atoms with Crippen LogP contribution in [0.15, 0.2) is 24.4 Å². The summed E-state index contributed by atoms with van der Waals surface area (Å²) in [7, 11) is 2.17. The van der Waals surface area contributed by atoms with Crippen molar-refractivity contribution < 1.29 is 0 Å². The molecule has 4 rings (SSSR count). The van der Waals surface area contributed by atoms with E-state index >= 15 is 0 Å². The van der Waals surface area contributed by atoms with E-state index in [1.54, 1.807) is 0 Å². The Morgan fingerprint density at radius 3 is 3.16 bits per heavy atom. The van der Waals surface area contributed by atoms with Crippen molar-refractivity contribution in [1.82, 2.24) is 9.88 Å². The second kappa shape index (κ2) is 3.85. The third-order valence-corrected chi connectivity index (χ3v) is 4.91. The molecule has 3 heteroatoms. The normalized spacial score (nSPS) is 30.0. The van der Waals surface area contributed by atoms with E-state index in [-0.39, 0.29) is 5.92 Å². The number of aromatic nitrogens is 1. The molecule has 3 atom stereocenters. The molecule has 1 saturated heterocycles. The first-order valence-electron chi connectivity index (χ1n) is 6.96. The van der Waals surface area contributed by atoms with Gasteiger partial charge in [-0.1, -0.05) is 12.1 Å². The van der Waals surface area contributed by atoms with Gasteiger partial charge in [0.05, 0.1) is 12.0 Å². The summed E-state index contributed by atoms with van der Waals surface area (Å²) in [5, 5.41) is 10.7. The topological polar surface area (TPSA) is 42.8 Å². The smallest absolute Gasteiger partial charge is 0.0669 e. The first kappa shape index (κ1) is 11.1. The molecule has 2 heterocycles. The largest absolute Gasteiger partial charge is 0.361 e. The molecule has 1 aromatic heterocycles. The van der Waals surface area contributed by atoms with Crippen LogP contribution in [0.1, 0.15) is 23.5 Å². The summed E-state index contributed by atoms with van der Waals surface area (Å²) in [6.07, 6.45) is 4.28. The minimum atomic E-state index is 0.169. The van der Waals surface area contributed by atoms with Gasteiger partial charge in [0.2, 0.25) is 0 Å². The van der Waals surface area contributed by atoms with Crippen molar-refractivity contribution in [3.63, 3.8) is 0 Å². The number of H-pyrrole nitrogens is 1. The van der Waals surface area contributed by atoms with Crippen molar-refractivity contribution in [2.45, 2.75) is 24.8 Å². The number of hydrogen-bond donors (Lipinski definition) is 1. The molecule has 0 spiro atoms. The van der Waals surface area contributed by atoms with Gasteiger partial charge in [-0.25, -0.2) is 0 Å². The standard InChI is InChI=1S/C16H17N3/c1-19-9-10(7-17)5-13-12-3-2-4-14-16(12)11(8-18-14)6-15(13)19/h2-4,8,10,13,15,18H,5-6,9H2,1H3/t10?,13-,15-/m1/s1. The number of likely N-dealkylation sites (N-methyl/N-ethyl adjacent to an activating group) is 1. The molecule has 0 radical (unpaired) electrons. The maximum Gasteiger partial charge on any atom is 0.0669 e. The predicted molar refractivity (Wildman–Crippen MR) is 74.9 cm³/mol. The Morgan fingerprint density at radius 1 is 1.42 bits per heavy atom. The van der Waals surface area contributed by atoms with E-state index < -0.39 is 0 Å². The number of benzene rings is 1. The molecule has 1 unspecified atom stereocenters. The number of fused-ring (bicyclic) bond motifs is 2. The zero-order valence-corrected chi connectivity index (χ0v) is 11.1. The van der Waals surface area contributed by atoms with Gasteiger partial charge in [-0.05, 0) is 37.1 Å². The third kappa shape index (κ3) is 1.47. The average molecular weight is 251 g/mol. The summed E-state index contributed by atoms with van der Waals surface area (Å²) in [5.41, 5.74) is 4.12. The molecule has 0 bridgehead atoms. The van der Waals surface area contributed by atoms with Crippen LogP contribution >= 0.6 is 0 Å². The number of hydrogen-bond acceptors (Lipinski definition) is 2. The van der Waals surface area contributed by atoms with Crippen LogP contribution in [0.2, 0.25) is 0 Å². The molecule has 1 aliphatic carbocycles. The van der Waals surface area contributed by atoms with Crippen LogP contribution in [0.4, 0.5) is 0 Å². The fourth-order valence-electron chi connectivity index (χ4n) is 4.04. The van der Waals surface area contributed by atoms with Gasteiger partial charge in [0.15, 0.2) is 0 Å². The lowest BCUT2D eigenvalue weighted by Crippen LogP contribution is -2.47. The van der Waals surface area contributed by atoms with Crippen molar-refractivity contribution in [2.75, 3.05) is 13.6 Å². The first-order chi connectivity index (χ1) is 9.28. The van der Waals surface area contributed by atoms with Gasteiger partial charge in [0.1, 0.15) is 0 Å². The summed E-state index contributed by atoms with van der Waals surface area (Å²) in [4.78, 5) is 5.77. The Labute approximate surface area is 112 Å². The van der Waals surface area contributed by atoms with Gasteiger partial charge in [-0.3, -0.25) is 0 Å². The first-order valence-corrected chi connectivity index (χ1v) is 6.96. The third-order valence-electron chi connectivity index (χ3n) is 4.91. The van der Waals surface area contributed by atoms with Crippen LogP contribution < -0.4 is 0 Å². The minimum Gasteiger partial charge on any atom is -0.361 e. The zero-order chi connectivity index (χ0) is 13.0. The number of rotatable bonds is 0. The van der Waals surface area contributed by atoms with Gasteiger partial charge >= 0.3 is 0 Å². The fourth-order valence-corrected chi connectivity index (χ4v) is 4.04. The second-order valence-electron chi connectivity index (χ2n) is 5.96. The van der Waals surface area contributed by atoms with Crippen LogP contribution in [0.25, 0.3) is 10.9 Å². The number of piperidine rings is 1. The van der Waals surface area contributed by atoms with Crippen molar-refractivity contribution in [2.24, 2.45) is 5.92 Å². The van der Waals surface area contributed by atoms with E-state index in [0.717, 1.165) is 19.4 Å². The Morgan fingerprint density at radius 2 is 2.32 bits per heavy atom. The molecule has 2 aromatic rings. The molecule has 96 valence electrons. The summed E-state index contributed by atoms with van der Waals surface area (Å²) in [6.45, 7) is 0.910. The molecule has 2 aliphatic rings. The Bertz CT molecular complexity index is 679. The molecular weight excluding hydrogens is 234 g/mol. The van der Waals surface area contributed by atoms with Crippen molar-refractivity contribution >= 4 is 10.9 Å². The van der Waals surface area contributed by atoms with Crippen LogP contribution in [-0.4, -0.2) is 29.5 Å². The predicted octanol–water partition coefficient (Wildman–Crippen LogP) is 2.65. The molecule has 0 saturated carbocycles. The van der Waals surface area contributed by atoms with Crippen molar-refractivity contribution in [3.05, 3.63) is 35.5 Å². The molecule has 1 aliphatic heterocycles. The van der Waals surface area contributed by atoms with Crippen LogP contribution in [-0.2, 0) is 6.42 Å². The van der Waals surface area contributed by atoms with E-state index in [2.05, 4.69) is 47.4 Å². The minimum absolute atomic E-state index is 0.169. The monoisotopic (exact) mass is 251 g/mol. The lowest BCUT2D eigenvalue weighted by Gasteiger charge is -2.44. The maximum atomic E-state index is 9.27. The summed E-state index contributed by atoms with van der Waals surface area (Å²) < 4.78 is 0. The number of nitrogens with one attached hydrogen (secondary N) is 1. The molecule has 1 N–H and O–H groups in total. The van der Waals surface area contributed by atoms with Gasteiger partial charge in [-0.2, -0.15) is 5.26 Å². The van der Waals surface area contributed by atoms with Gasteiger partial charge in [0.25, 0.3) is 0 Å². The van der Waals surface area contributed by atoms with E-state index in [0.29, 0.717) is 12.0 Å². The Kier molecular flexibility index (Phi) is 2.24. The van der Waals surface area contributed by atoms with E-state index in [9.17, 15) is 5.26 Å². The molecule has 19 heavy (non-hydrogen) atoms. The number of aromatic amines is 1. The Hall–Kier alpha value is -1.79. The van der Waals surface area contributed by atoms with Crippen LogP contribution in [0.3, 0.4) is 0 Å². The van der Waals surface area contributed by atoms with Gasteiger partial charge in [0, 0.05) is 35.6 Å². The van der Waals surface area contributed by atoms with E-state index in [1.807, 2.05) is 0 Å². The number of nitriles is 1. The molecule has 0 amide bonds. The maximum absolute atomic E-state index is 9.27. The highest BCUT2D eigenvalue weighted by Crippen LogP contribution is 2.43. The van der Waals surface area contributed by atoms with Gasteiger partial charge in [-0.15, -0.1) is 0 Å². The van der Waals surface area contributed by atoms with Crippen molar-refractivity contribution in [1.29, 1.82) is 5.26 Å². The molecule has 3 nitrogen and oxygen atoms in total. The molecule has 1 fully saturated rings. The zero-order valence-electron chi connectivity index (χ0n) is 11.1. The number of nitrogens with zero attached hydrogens (tertiary/aromatic N) is 2. The average Bonchev–Trinajstić information content (AvgIpc) is 2.85. The Balaban J connectivity index is 1.89. The van der Waals surface area contributed by atoms with Gasteiger partial charge < -0.3 is 9.88 Å². The fraction of sp³-hybridized carbons (Fsp3) is 0.438. The molecule has 1 aromatic carbocycles. The highest BCUT2D eigenvalue weighted by molar-refractivity contribution is 5.88. The van der Waals surface area contributed by atoms with E-state index in [1.165, 1.54) is 22.0 Å². The summed E-state index contributed by atoms with van der Waals surface area (Å²) >= 11 is 0. The van der Waals surface area contributed by atoms with Crippen LogP contribution in [0, 0.1) is 17.2 Å². The summed E-state index contributed by atoms with van der Waals surface area (Å²) in [5.74, 6) is 0.678. The lowest BCUT2D eigenvalue weighted by atomic mass is 9.73. The SMILES string of the molecule is CN1CC(C#N)C[C@@H]2c3cccc4[nH]cc(c34)C[C@H]21. The second-order valence-corrected chi connectivity index (χ2v) is 5.96. The highest BCUT2D eigenvalue weighted by Gasteiger charge is 2.39. The van der Waals surface area contributed by atoms with E-state index in [4.69, 9.17) is 0 Å². The quantitative estimate of drug-likeness (QED) is 0.782.